The van der Waals surface area contributed by atoms with E-state index in [2.05, 4.69) is 0 Å². The SMILES string of the molecule is CO[C@@H]1C[C@H](C(=O)N(C)CCCOc2ccccc2C)CC[C@@H]1O. The lowest BCUT2D eigenvalue weighted by molar-refractivity contribution is -0.139. The molecule has 0 aliphatic heterocycles. The summed E-state index contributed by atoms with van der Waals surface area (Å²) in [6, 6.07) is 7.93. The normalized spacial score (nSPS) is 23.8. The van der Waals surface area contributed by atoms with Gasteiger partial charge in [0, 0.05) is 26.6 Å². The summed E-state index contributed by atoms with van der Waals surface area (Å²) in [5.41, 5.74) is 1.12. The highest BCUT2D eigenvalue weighted by Crippen LogP contribution is 2.27. The van der Waals surface area contributed by atoms with E-state index in [0.717, 1.165) is 24.2 Å². The van der Waals surface area contributed by atoms with E-state index in [1.165, 1.54) is 0 Å². The molecule has 3 atom stereocenters. The van der Waals surface area contributed by atoms with Crippen molar-refractivity contribution in [3.8, 4) is 5.75 Å². The summed E-state index contributed by atoms with van der Waals surface area (Å²) in [6.07, 6.45) is 2.06. The highest BCUT2D eigenvalue weighted by molar-refractivity contribution is 5.78. The minimum absolute atomic E-state index is 0.0550. The Balaban J connectivity index is 1.73. The number of hydrogen-bond acceptors (Lipinski definition) is 4. The number of carbonyl (C=O) groups is 1. The smallest absolute Gasteiger partial charge is 0.225 e. The van der Waals surface area contributed by atoms with Gasteiger partial charge in [0.1, 0.15) is 5.75 Å². The molecule has 1 saturated carbocycles. The van der Waals surface area contributed by atoms with E-state index < -0.39 is 6.10 Å². The van der Waals surface area contributed by atoms with Crippen LogP contribution in [0.1, 0.15) is 31.2 Å². The number of ether oxygens (including phenoxy) is 2. The lowest BCUT2D eigenvalue weighted by Crippen LogP contribution is -2.42. The second kappa shape index (κ2) is 9.04. The van der Waals surface area contributed by atoms with Crippen LogP contribution in [-0.2, 0) is 9.53 Å². The topological polar surface area (TPSA) is 59.0 Å². The monoisotopic (exact) mass is 335 g/mol. The third kappa shape index (κ3) is 4.95. The minimum Gasteiger partial charge on any atom is -0.493 e. The first-order chi connectivity index (χ1) is 11.5. The molecule has 1 amide bonds. The predicted octanol–water partition coefficient (Wildman–Crippen LogP) is 2.40. The van der Waals surface area contributed by atoms with Crippen LogP contribution >= 0.6 is 0 Å². The predicted molar refractivity (Wildman–Crippen MR) is 93.1 cm³/mol. The van der Waals surface area contributed by atoms with Gasteiger partial charge in [0.2, 0.25) is 5.91 Å². The Kier molecular flexibility index (Phi) is 7.06. The lowest BCUT2D eigenvalue weighted by Gasteiger charge is -2.33. The quantitative estimate of drug-likeness (QED) is 0.778. The first-order valence-electron chi connectivity index (χ1n) is 8.67. The molecular formula is C19H29NO4. The molecule has 134 valence electrons. The van der Waals surface area contributed by atoms with Gasteiger partial charge in [0.15, 0.2) is 0 Å². The fraction of sp³-hybridized carbons (Fsp3) is 0.632. The van der Waals surface area contributed by atoms with E-state index in [-0.39, 0.29) is 17.9 Å². The number of amides is 1. The Morgan fingerprint density at radius 3 is 2.79 bits per heavy atom. The Hall–Kier alpha value is -1.59. The lowest BCUT2D eigenvalue weighted by atomic mass is 9.84. The number of aliphatic hydroxyl groups excluding tert-OH is 1. The summed E-state index contributed by atoms with van der Waals surface area (Å²) in [5, 5.41) is 9.84. The third-order valence-corrected chi connectivity index (χ3v) is 4.77. The molecule has 1 fully saturated rings. The molecule has 0 unspecified atom stereocenters. The second-order valence-electron chi connectivity index (χ2n) is 6.58. The summed E-state index contributed by atoms with van der Waals surface area (Å²) in [5.74, 6) is 0.983. The number of aliphatic hydroxyl groups is 1. The molecule has 0 saturated heterocycles. The van der Waals surface area contributed by atoms with Gasteiger partial charge < -0.3 is 19.5 Å². The number of hydrogen-bond donors (Lipinski definition) is 1. The van der Waals surface area contributed by atoms with Crippen LogP contribution in [0.25, 0.3) is 0 Å². The van der Waals surface area contributed by atoms with Crippen molar-refractivity contribution in [2.45, 2.75) is 44.8 Å². The molecule has 1 aromatic rings. The van der Waals surface area contributed by atoms with Crippen molar-refractivity contribution in [3.05, 3.63) is 29.8 Å². The Morgan fingerprint density at radius 2 is 2.08 bits per heavy atom. The molecule has 0 bridgehead atoms. The van der Waals surface area contributed by atoms with Gasteiger partial charge in [-0.05, 0) is 44.2 Å². The van der Waals surface area contributed by atoms with Crippen molar-refractivity contribution in [1.29, 1.82) is 0 Å². The van der Waals surface area contributed by atoms with Crippen LogP contribution in [0.15, 0.2) is 24.3 Å². The van der Waals surface area contributed by atoms with E-state index in [0.29, 0.717) is 26.0 Å². The van der Waals surface area contributed by atoms with E-state index in [4.69, 9.17) is 9.47 Å². The van der Waals surface area contributed by atoms with Gasteiger partial charge in [-0.1, -0.05) is 18.2 Å². The largest absolute Gasteiger partial charge is 0.493 e. The first-order valence-corrected chi connectivity index (χ1v) is 8.67. The Bertz CT molecular complexity index is 534. The molecule has 24 heavy (non-hydrogen) atoms. The van der Waals surface area contributed by atoms with Crippen LogP contribution in [-0.4, -0.2) is 55.4 Å². The van der Waals surface area contributed by atoms with E-state index >= 15 is 0 Å². The van der Waals surface area contributed by atoms with E-state index in [1.807, 2.05) is 38.2 Å². The maximum absolute atomic E-state index is 12.5. The van der Waals surface area contributed by atoms with Gasteiger partial charge in [0.25, 0.3) is 0 Å². The maximum atomic E-state index is 12.5. The van der Waals surface area contributed by atoms with E-state index in [9.17, 15) is 9.90 Å². The number of nitrogens with zero attached hydrogens (tertiary/aromatic N) is 1. The number of para-hydroxylation sites is 1. The molecule has 1 N–H and O–H groups in total. The third-order valence-electron chi connectivity index (χ3n) is 4.77. The second-order valence-corrected chi connectivity index (χ2v) is 6.58. The summed E-state index contributed by atoms with van der Waals surface area (Å²) < 4.78 is 11.1. The van der Waals surface area contributed by atoms with Crippen LogP contribution in [0.3, 0.4) is 0 Å². The number of methoxy groups -OCH3 is 1. The number of rotatable bonds is 7. The van der Waals surface area contributed by atoms with Crippen LogP contribution in [0.2, 0.25) is 0 Å². The zero-order valence-corrected chi connectivity index (χ0v) is 14.9. The zero-order valence-electron chi connectivity index (χ0n) is 14.9. The van der Waals surface area contributed by atoms with Crippen LogP contribution < -0.4 is 4.74 Å². The minimum atomic E-state index is -0.452. The highest BCUT2D eigenvalue weighted by Gasteiger charge is 2.34. The molecular weight excluding hydrogens is 306 g/mol. The summed E-state index contributed by atoms with van der Waals surface area (Å²) >= 11 is 0. The van der Waals surface area contributed by atoms with Crippen molar-refractivity contribution in [1.82, 2.24) is 4.90 Å². The number of aryl methyl sites for hydroxylation is 1. The van der Waals surface area contributed by atoms with Gasteiger partial charge in [-0.25, -0.2) is 0 Å². The molecule has 1 aliphatic rings. The highest BCUT2D eigenvalue weighted by atomic mass is 16.5. The van der Waals surface area contributed by atoms with Gasteiger partial charge in [-0.15, -0.1) is 0 Å². The van der Waals surface area contributed by atoms with Crippen molar-refractivity contribution in [2.24, 2.45) is 5.92 Å². The van der Waals surface area contributed by atoms with Gasteiger partial charge in [-0.3, -0.25) is 4.79 Å². The van der Waals surface area contributed by atoms with Crippen LogP contribution in [0.5, 0.6) is 5.75 Å². The fourth-order valence-corrected chi connectivity index (χ4v) is 3.21. The summed E-state index contributed by atoms with van der Waals surface area (Å²) in [4.78, 5) is 14.3. The summed E-state index contributed by atoms with van der Waals surface area (Å²) in [7, 11) is 3.43. The Labute approximate surface area is 144 Å². The fourth-order valence-electron chi connectivity index (χ4n) is 3.21. The molecule has 5 heteroatoms. The van der Waals surface area contributed by atoms with Crippen molar-refractivity contribution >= 4 is 5.91 Å². The average Bonchev–Trinajstić information content (AvgIpc) is 2.59. The molecule has 0 heterocycles. The first kappa shape index (κ1) is 18.7. The standard InChI is InChI=1S/C19H29NO4/c1-14-7-4-5-8-17(14)24-12-6-11-20(2)19(22)15-9-10-16(21)18(13-15)23-3/h4-5,7-8,15-16,18,21H,6,9-13H2,1-3H3/t15-,16+,18-/m1/s1. The number of carbonyl (C=O) groups excluding carboxylic acids is 1. The van der Waals surface area contributed by atoms with Gasteiger partial charge in [0.05, 0.1) is 18.8 Å². The van der Waals surface area contributed by atoms with E-state index in [1.54, 1.807) is 12.0 Å². The van der Waals surface area contributed by atoms with Crippen LogP contribution in [0, 0.1) is 12.8 Å². The number of benzene rings is 1. The molecule has 5 nitrogen and oxygen atoms in total. The Morgan fingerprint density at radius 1 is 1.33 bits per heavy atom. The van der Waals surface area contributed by atoms with Crippen molar-refractivity contribution < 1.29 is 19.4 Å². The molecule has 2 rings (SSSR count). The maximum Gasteiger partial charge on any atom is 0.225 e. The molecule has 0 aromatic heterocycles. The zero-order chi connectivity index (χ0) is 17.5. The molecule has 1 aromatic carbocycles. The molecule has 0 spiro atoms. The van der Waals surface area contributed by atoms with Crippen molar-refractivity contribution in [3.63, 3.8) is 0 Å². The van der Waals surface area contributed by atoms with Crippen molar-refractivity contribution in [2.75, 3.05) is 27.3 Å². The van der Waals surface area contributed by atoms with Gasteiger partial charge >= 0.3 is 0 Å². The summed E-state index contributed by atoms with van der Waals surface area (Å²) in [6.45, 7) is 3.28. The molecule has 0 radical (unpaired) electrons. The van der Waals surface area contributed by atoms with Crippen LogP contribution in [0.4, 0.5) is 0 Å². The molecule has 1 aliphatic carbocycles. The average molecular weight is 335 g/mol. The van der Waals surface area contributed by atoms with Gasteiger partial charge in [-0.2, -0.15) is 0 Å².